The fourth-order valence-electron chi connectivity index (χ4n) is 2.13. The molecule has 5 nitrogen and oxygen atoms in total. The van der Waals surface area contributed by atoms with Gasteiger partial charge in [-0.25, -0.2) is 4.99 Å². The summed E-state index contributed by atoms with van der Waals surface area (Å²) in [6.07, 6.45) is 0. The highest BCUT2D eigenvalue weighted by atomic mass is 35.5. The fraction of sp³-hybridized carbons (Fsp3) is 0.143. The Morgan fingerprint density at radius 3 is 2.86 bits per heavy atom. The van der Waals surface area contributed by atoms with Crippen LogP contribution in [0.2, 0.25) is 9.36 Å². The SMILES string of the molecule is O=NC/N=C1\CN=C(c2ccccc2Cl)c2cc(Cl)sc2N1. The molecule has 0 spiro atoms. The number of halogens is 2. The topological polar surface area (TPSA) is 66.2 Å². The molecule has 0 saturated heterocycles. The summed E-state index contributed by atoms with van der Waals surface area (Å²) in [6.45, 7) is 0.169. The number of nitroso groups, excluding NO2 is 1. The molecule has 0 fully saturated rings. The van der Waals surface area contributed by atoms with E-state index in [1.807, 2.05) is 30.3 Å². The van der Waals surface area contributed by atoms with Crippen LogP contribution in [0.15, 0.2) is 45.5 Å². The molecule has 2 heterocycles. The van der Waals surface area contributed by atoms with Crippen molar-refractivity contribution in [3.05, 3.63) is 55.7 Å². The van der Waals surface area contributed by atoms with Crippen LogP contribution in [0, 0.1) is 4.91 Å². The van der Waals surface area contributed by atoms with Gasteiger partial charge in [-0.15, -0.1) is 16.2 Å². The van der Waals surface area contributed by atoms with Crippen molar-refractivity contribution in [2.75, 3.05) is 18.5 Å². The Hall–Kier alpha value is -1.76. The summed E-state index contributed by atoms with van der Waals surface area (Å²) in [5.41, 5.74) is 2.45. The van der Waals surface area contributed by atoms with E-state index in [1.54, 1.807) is 0 Å². The molecule has 0 radical (unpaired) electrons. The molecular weight excluding hydrogens is 343 g/mol. The van der Waals surface area contributed by atoms with Crippen molar-refractivity contribution in [2.45, 2.75) is 0 Å². The maximum absolute atomic E-state index is 10.3. The highest BCUT2D eigenvalue weighted by Crippen LogP contribution is 2.35. The molecule has 1 aromatic carbocycles. The third-order valence-corrected chi connectivity index (χ3v) is 4.56. The molecule has 0 aliphatic carbocycles. The van der Waals surface area contributed by atoms with E-state index in [0.717, 1.165) is 21.8 Å². The molecule has 0 amide bonds. The van der Waals surface area contributed by atoms with E-state index in [2.05, 4.69) is 20.5 Å². The molecule has 22 heavy (non-hydrogen) atoms. The second-order valence-electron chi connectivity index (χ2n) is 4.44. The van der Waals surface area contributed by atoms with Gasteiger partial charge < -0.3 is 5.32 Å². The van der Waals surface area contributed by atoms with Gasteiger partial charge in [0.2, 0.25) is 0 Å². The molecule has 2 aromatic rings. The summed E-state index contributed by atoms with van der Waals surface area (Å²) in [5, 5.41) is 7.35. The summed E-state index contributed by atoms with van der Waals surface area (Å²) >= 11 is 13.8. The highest BCUT2D eigenvalue weighted by molar-refractivity contribution is 7.20. The summed E-state index contributed by atoms with van der Waals surface area (Å²) in [4.78, 5) is 18.9. The Morgan fingerprint density at radius 2 is 2.09 bits per heavy atom. The number of fused-ring (bicyclic) bond motifs is 1. The Kier molecular flexibility index (Phi) is 4.52. The zero-order valence-electron chi connectivity index (χ0n) is 11.2. The van der Waals surface area contributed by atoms with Crippen molar-refractivity contribution in [3.63, 3.8) is 0 Å². The highest BCUT2D eigenvalue weighted by Gasteiger charge is 2.21. The minimum absolute atomic E-state index is 0.145. The third kappa shape index (κ3) is 3.04. The predicted molar refractivity (Wildman–Crippen MR) is 93.0 cm³/mol. The molecule has 1 aliphatic heterocycles. The van der Waals surface area contributed by atoms with Crippen LogP contribution in [0.3, 0.4) is 0 Å². The molecule has 0 bridgehead atoms. The summed E-state index contributed by atoms with van der Waals surface area (Å²) in [7, 11) is 0. The van der Waals surface area contributed by atoms with Gasteiger partial charge >= 0.3 is 0 Å². The standard InChI is InChI=1S/C14H10Cl2N4OS/c15-10-4-2-1-3-8(10)13-9-5-11(16)22-14(9)20-12(6-17-13)18-7-19-21/h1-5H,6-7H2,(H,18,20). The van der Waals surface area contributed by atoms with Gasteiger partial charge in [-0.2, -0.15) is 0 Å². The molecular formula is C14H10Cl2N4OS. The average molecular weight is 353 g/mol. The number of thiophene rings is 1. The van der Waals surface area contributed by atoms with Crippen LogP contribution >= 0.6 is 34.5 Å². The lowest BCUT2D eigenvalue weighted by atomic mass is 10.0. The van der Waals surface area contributed by atoms with Crippen molar-refractivity contribution < 1.29 is 0 Å². The summed E-state index contributed by atoms with van der Waals surface area (Å²) < 4.78 is 0.631. The fourth-order valence-corrected chi connectivity index (χ4v) is 3.50. The number of hydrogen-bond acceptors (Lipinski definition) is 5. The van der Waals surface area contributed by atoms with Gasteiger partial charge in [-0.1, -0.05) is 41.4 Å². The summed E-state index contributed by atoms with van der Waals surface area (Å²) in [6, 6.07) is 9.34. The van der Waals surface area contributed by atoms with E-state index in [1.165, 1.54) is 11.3 Å². The Balaban J connectivity index is 2.11. The minimum atomic E-state index is -0.145. The lowest BCUT2D eigenvalue weighted by Crippen LogP contribution is -2.14. The average Bonchev–Trinajstić information content (AvgIpc) is 2.78. The van der Waals surface area contributed by atoms with Gasteiger partial charge in [0.1, 0.15) is 10.8 Å². The maximum atomic E-state index is 10.3. The van der Waals surface area contributed by atoms with E-state index < -0.39 is 0 Å². The quantitative estimate of drug-likeness (QED) is 0.829. The predicted octanol–water partition coefficient (Wildman–Crippen LogP) is 4.44. The first-order valence-corrected chi connectivity index (χ1v) is 7.95. The zero-order chi connectivity index (χ0) is 15.5. The molecule has 8 heteroatoms. The van der Waals surface area contributed by atoms with Crippen LogP contribution in [0.1, 0.15) is 11.1 Å². The Bertz CT molecular complexity index is 785. The summed E-state index contributed by atoms with van der Waals surface area (Å²) in [5.74, 6) is 0.571. The van der Waals surface area contributed by atoms with Gasteiger partial charge in [0.05, 0.1) is 16.6 Å². The molecule has 0 atom stereocenters. The van der Waals surface area contributed by atoms with Crippen molar-refractivity contribution in [2.24, 2.45) is 15.2 Å². The van der Waals surface area contributed by atoms with Crippen LogP contribution in [0.4, 0.5) is 5.00 Å². The number of aliphatic imine (C=N–C) groups is 2. The Morgan fingerprint density at radius 1 is 1.27 bits per heavy atom. The monoisotopic (exact) mass is 352 g/mol. The van der Waals surface area contributed by atoms with Gasteiger partial charge in [0.15, 0.2) is 6.67 Å². The van der Waals surface area contributed by atoms with E-state index in [4.69, 9.17) is 23.2 Å². The number of hydrogen-bond donors (Lipinski definition) is 1. The van der Waals surface area contributed by atoms with Crippen LogP contribution in [-0.4, -0.2) is 24.8 Å². The van der Waals surface area contributed by atoms with Crippen LogP contribution in [0.25, 0.3) is 0 Å². The zero-order valence-corrected chi connectivity index (χ0v) is 13.5. The van der Waals surface area contributed by atoms with Crippen molar-refractivity contribution >= 4 is 51.1 Å². The first-order valence-electron chi connectivity index (χ1n) is 6.37. The molecule has 0 saturated carbocycles. The van der Waals surface area contributed by atoms with Gasteiger partial charge in [0, 0.05) is 16.1 Å². The largest absolute Gasteiger partial charge is 0.334 e. The second-order valence-corrected chi connectivity index (χ2v) is 6.53. The molecule has 0 unspecified atom stereocenters. The number of benzene rings is 1. The number of amidine groups is 1. The normalized spacial score (nSPS) is 15.7. The minimum Gasteiger partial charge on any atom is -0.334 e. The Labute approximate surface area is 140 Å². The molecule has 1 aliphatic rings. The lowest BCUT2D eigenvalue weighted by Gasteiger charge is -2.07. The molecule has 1 aromatic heterocycles. The van der Waals surface area contributed by atoms with E-state index in [0.29, 0.717) is 21.7 Å². The van der Waals surface area contributed by atoms with Gasteiger partial charge in [0.25, 0.3) is 0 Å². The van der Waals surface area contributed by atoms with Crippen molar-refractivity contribution in [1.29, 1.82) is 0 Å². The van der Waals surface area contributed by atoms with Crippen LogP contribution in [-0.2, 0) is 0 Å². The first-order chi connectivity index (χ1) is 10.7. The third-order valence-electron chi connectivity index (χ3n) is 3.05. The molecule has 1 N–H and O–H groups in total. The van der Waals surface area contributed by atoms with Crippen LogP contribution < -0.4 is 5.32 Å². The lowest BCUT2D eigenvalue weighted by molar-refractivity contribution is 1.04. The first kappa shape index (κ1) is 15.1. The number of nitrogens with zero attached hydrogens (tertiary/aromatic N) is 3. The maximum Gasteiger partial charge on any atom is 0.173 e. The molecule has 3 rings (SSSR count). The van der Waals surface area contributed by atoms with Gasteiger partial charge in [-0.3, -0.25) is 4.99 Å². The van der Waals surface area contributed by atoms with E-state index in [-0.39, 0.29) is 6.67 Å². The number of nitrogens with one attached hydrogen (secondary N) is 1. The van der Waals surface area contributed by atoms with Crippen molar-refractivity contribution in [3.8, 4) is 0 Å². The molecule has 112 valence electrons. The second kappa shape index (κ2) is 6.56. The smallest absolute Gasteiger partial charge is 0.173 e. The number of anilines is 1. The van der Waals surface area contributed by atoms with Crippen molar-refractivity contribution in [1.82, 2.24) is 0 Å². The van der Waals surface area contributed by atoms with Crippen LogP contribution in [0.5, 0.6) is 0 Å². The number of rotatable bonds is 3. The van der Waals surface area contributed by atoms with E-state index >= 15 is 0 Å². The van der Waals surface area contributed by atoms with Gasteiger partial charge in [-0.05, 0) is 17.3 Å². The van der Waals surface area contributed by atoms with E-state index in [9.17, 15) is 4.91 Å².